The standard InChI is InChI=1S/C15H30N4/c1-4-6-7-8-9-10-11-14(16-5-2)12-15-17-13-18-19(15)3/h13-14,16H,4-12H2,1-3H3. The van der Waals surface area contributed by atoms with Gasteiger partial charge >= 0.3 is 0 Å². The maximum Gasteiger partial charge on any atom is 0.138 e. The van der Waals surface area contributed by atoms with Crippen molar-refractivity contribution in [2.45, 2.75) is 71.3 Å². The zero-order valence-corrected chi connectivity index (χ0v) is 12.9. The number of aromatic nitrogens is 3. The van der Waals surface area contributed by atoms with Gasteiger partial charge in [0.15, 0.2) is 0 Å². The number of aryl methyl sites for hydroxylation is 1. The minimum absolute atomic E-state index is 0.541. The summed E-state index contributed by atoms with van der Waals surface area (Å²) in [5.74, 6) is 1.08. The Morgan fingerprint density at radius 2 is 1.89 bits per heavy atom. The Balaban J connectivity index is 2.23. The van der Waals surface area contributed by atoms with Crippen molar-refractivity contribution in [2.24, 2.45) is 7.05 Å². The Kier molecular flexibility index (Phi) is 8.47. The van der Waals surface area contributed by atoms with E-state index in [1.807, 2.05) is 11.7 Å². The summed E-state index contributed by atoms with van der Waals surface area (Å²) >= 11 is 0. The Bertz CT molecular complexity index is 322. The van der Waals surface area contributed by atoms with Crippen LogP contribution in [0, 0.1) is 0 Å². The molecule has 0 saturated carbocycles. The molecule has 1 aromatic rings. The highest BCUT2D eigenvalue weighted by molar-refractivity contribution is 4.88. The summed E-state index contributed by atoms with van der Waals surface area (Å²) in [6.45, 7) is 5.46. The fourth-order valence-corrected chi connectivity index (χ4v) is 2.46. The van der Waals surface area contributed by atoms with Gasteiger partial charge in [0, 0.05) is 19.5 Å². The minimum Gasteiger partial charge on any atom is -0.314 e. The first-order valence-corrected chi connectivity index (χ1v) is 7.84. The monoisotopic (exact) mass is 266 g/mol. The molecule has 110 valence electrons. The molecule has 0 spiro atoms. The van der Waals surface area contributed by atoms with Crippen LogP contribution in [0.5, 0.6) is 0 Å². The molecule has 0 aliphatic heterocycles. The highest BCUT2D eigenvalue weighted by Gasteiger charge is 2.11. The molecule has 4 nitrogen and oxygen atoms in total. The predicted octanol–water partition coefficient (Wildman–Crippen LogP) is 3.09. The predicted molar refractivity (Wildman–Crippen MR) is 80.2 cm³/mol. The van der Waals surface area contributed by atoms with Gasteiger partial charge in [-0.05, 0) is 13.0 Å². The van der Waals surface area contributed by atoms with Gasteiger partial charge in [-0.3, -0.25) is 4.68 Å². The molecule has 0 saturated heterocycles. The van der Waals surface area contributed by atoms with E-state index in [9.17, 15) is 0 Å². The SMILES string of the molecule is CCCCCCCCC(Cc1ncnn1C)NCC. The normalized spacial score (nSPS) is 12.8. The van der Waals surface area contributed by atoms with E-state index in [0.717, 1.165) is 18.8 Å². The molecule has 0 radical (unpaired) electrons. The average Bonchev–Trinajstić information content (AvgIpc) is 2.79. The number of rotatable bonds is 11. The Labute approximate surface area is 118 Å². The fraction of sp³-hybridized carbons (Fsp3) is 0.867. The lowest BCUT2D eigenvalue weighted by molar-refractivity contribution is 0.446. The van der Waals surface area contributed by atoms with Crippen molar-refractivity contribution >= 4 is 0 Å². The average molecular weight is 266 g/mol. The largest absolute Gasteiger partial charge is 0.314 e. The topological polar surface area (TPSA) is 42.7 Å². The first-order valence-electron chi connectivity index (χ1n) is 7.84. The van der Waals surface area contributed by atoms with E-state index in [4.69, 9.17) is 0 Å². The number of nitrogens with one attached hydrogen (secondary N) is 1. The van der Waals surface area contributed by atoms with Crippen molar-refractivity contribution in [3.63, 3.8) is 0 Å². The summed E-state index contributed by atoms with van der Waals surface area (Å²) in [5, 5.41) is 7.71. The smallest absolute Gasteiger partial charge is 0.138 e. The molecular formula is C15H30N4. The number of likely N-dealkylation sites (N-methyl/N-ethyl adjacent to an activating group) is 1. The lowest BCUT2D eigenvalue weighted by Crippen LogP contribution is -2.31. The molecule has 4 heteroatoms. The molecule has 1 unspecified atom stereocenters. The van der Waals surface area contributed by atoms with Gasteiger partial charge in [0.25, 0.3) is 0 Å². The quantitative estimate of drug-likeness (QED) is 0.626. The second kappa shape index (κ2) is 9.96. The maximum absolute atomic E-state index is 4.32. The highest BCUT2D eigenvalue weighted by atomic mass is 15.3. The summed E-state index contributed by atoms with van der Waals surface area (Å²) in [4.78, 5) is 4.32. The molecule has 19 heavy (non-hydrogen) atoms. The third-order valence-electron chi connectivity index (χ3n) is 3.63. The first-order chi connectivity index (χ1) is 9.27. The minimum atomic E-state index is 0.541. The number of hydrogen-bond acceptors (Lipinski definition) is 3. The Morgan fingerprint density at radius 3 is 2.53 bits per heavy atom. The van der Waals surface area contributed by atoms with Gasteiger partial charge < -0.3 is 5.32 Å². The molecule has 0 aromatic carbocycles. The van der Waals surface area contributed by atoms with Crippen molar-refractivity contribution in [1.29, 1.82) is 0 Å². The zero-order valence-electron chi connectivity index (χ0n) is 12.9. The molecule has 0 fully saturated rings. The number of hydrogen-bond donors (Lipinski definition) is 1. The van der Waals surface area contributed by atoms with Gasteiger partial charge in [0.2, 0.25) is 0 Å². The van der Waals surface area contributed by atoms with Crippen LogP contribution in [0.1, 0.15) is 64.6 Å². The van der Waals surface area contributed by atoms with E-state index in [1.54, 1.807) is 6.33 Å². The van der Waals surface area contributed by atoms with E-state index >= 15 is 0 Å². The van der Waals surface area contributed by atoms with Crippen LogP contribution >= 0.6 is 0 Å². The van der Waals surface area contributed by atoms with Crippen molar-refractivity contribution in [3.8, 4) is 0 Å². The highest BCUT2D eigenvalue weighted by Crippen LogP contribution is 2.11. The van der Waals surface area contributed by atoms with Gasteiger partial charge in [0.1, 0.15) is 12.2 Å². The molecule has 0 aliphatic rings. The molecule has 0 aliphatic carbocycles. The van der Waals surface area contributed by atoms with Crippen LogP contribution in [-0.2, 0) is 13.5 Å². The molecule has 0 amide bonds. The Hall–Kier alpha value is -0.900. The van der Waals surface area contributed by atoms with Gasteiger partial charge in [-0.15, -0.1) is 0 Å². The van der Waals surface area contributed by atoms with Crippen LogP contribution in [0.25, 0.3) is 0 Å². The third kappa shape index (κ3) is 6.71. The van der Waals surface area contributed by atoms with Crippen LogP contribution in [0.3, 0.4) is 0 Å². The summed E-state index contributed by atoms with van der Waals surface area (Å²) < 4.78 is 1.88. The molecule has 0 bridgehead atoms. The number of nitrogens with zero attached hydrogens (tertiary/aromatic N) is 3. The van der Waals surface area contributed by atoms with E-state index in [-0.39, 0.29) is 0 Å². The molecule has 1 N–H and O–H groups in total. The van der Waals surface area contributed by atoms with E-state index < -0.39 is 0 Å². The summed E-state index contributed by atoms with van der Waals surface area (Å²) in [7, 11) is 1.97. The van der Waals surface area contributed by atoms with Crippen molar-refractivity contribution in [1.82, 2.24) is 20.1 Å². The first kappa shape index (κ1) is 16.2. The third-order valence-corrected chi connectivity index (χ3v) is 3.63. The summed E-state index contributed by atoms with van der Waals surface area (Å²) in [5.41, 5.74) is 0. The van der Waals surface area contributed by atoms with E-state index in [1.165, 1.54) is 44.9 Å². The van der Waals surface area contributed by atoms with Crippen LogP contribution < -0.4 is 5.32 Å². The molecule has 1 aromatic heterocycles. The zero-order chi connectivity index (χ0) is 13.9. The van der Waals surface area contributed by atoms with E-state index in [0.29, 0.717) is 6.04 Å². The van der Waals surface area contributed by atoms with Crippen LogP contribution in [0.4, 0.5) is 0 Å². The molecule has 1 heterocycles. The van der Waals surface area contributed by atoms with Crippen molar-refractivity contribution in [3.05, 3.63) is 12.2 Å². The molecule has 1 atom stereocenters. The van der Waals surface area contributed by atoms with Gasteiger partial charge in [-0.1, -0.05) is 52.4 Å². The second-order valence-electron chi connectivity index (χ2n) is 5.32. The fourth-order valence-electron chi connectivity index (χ4n) is 2.46. The summed E-state index contributed by atoms with van der Waals surface area (Å²) in [6, 6.07) is 0.541. The van der Waals surface area contributed by atoms with Crippen molar-refractivity contribution in [2.75, 3.05) is 6.54 Å². The van der Waals surface area contributed by atoms with Gasteiger partial charge in [-0.2, -0.15) is 5.10 Å². The van der Waals surface area contributed by atoms with Gasteiger partial charge in [-0.25, -0.2) is 4.98 Å². The maximum atomic E-state index is 4.32. The van der Waals surface area contributed by atoms with E-state index in [2.05, 4.69) is 29.2 Å². The van der Waals surface area contributed by atoms with Crippen molar-refractivity contribution < 1.29 is 0 Å². The molecule has 1 rings (SSSR count). The molecular weight excluding hydrogens is 236 g/mol. The number of unbranched alkanes of at least 4 members (excludes halogenated alkanes) is 5. The van der Waals surface area contributed by atoms with Crippen LogP contribution in [0.2, 0.25) is 0 Å². The second-order valence-corrected chi connectivity index (χ2v) is 5.32. The summed E-state index contributed by atoms with van der Waals surface area (Å²) in [6.07, 6.45) is 12.0. The Morgan fingerprint density at radius 1 is 1.16 bits per heavy atom. The van der Waals surface area contributed by atoms with Gasteiger partial charge in [0.05, 0.1) is 0 Å². The lowest BCUT2D eigenvalue weighted by Gasteiger charge is -2.17. The lowest BCUT2D eigenvalue weighted by atomic mass is 10.0. The van der Waals surface area contributed by atoms with Crippen LogP contribution in [-0.4, -0.2) is 27.4 Å². The van der Waals surface area contributed by atoms with Crippen LogP contribution in [0.15, 0.2) is 6.33 Å².